The molecule has 1 heterocycles. The van der Waals surface area contributed by atoms with Gasteiger partial charge in [-0.3, -0.25) is 4.79 Å². The number of rotatable bonds is 6. The minimum Gasteiger partial charge on any atom is -0.438 e. The van der Waals surface area contributed by atoms with Crippen LogP contribution in [0.3, 0.4) is 0 Å². The van der Waals surface area contributed by atoms with Crippen LogP contribution in [0, 0.1) is 0 Å². The van der Waals surface area contributed by atoms with Crippen molar-refractivity contribution < 1.29 is 14.3 Å². The molecule has 0 radical (unpaired) electrons. The third kappa shape index (κ3) is 4.53. The van der Waals surface area contributed by atoms with Gasteiger partial charge < -0.3 is 9.64 Å². The molecule has 0 saturated carbocycles. The van der Waals surface area contributed by atoms with Gasteiger partial charge in [-0.15, -0.1) is 0 Å². The zero-order chi connectivity index (χ0) is 19.4. The molecule has 27 heavy (non-hydrogen) atoms. The van der Waals surface area contributed by atoms with Crippen LogP contribution in [0.15, 0.2) is 59.1 Å². The maximum atomic E-state index is 12.9. The van der Waals surface area contributed by atoms with Crippen molar-refractivity contribution in [2.75, 3.05) is 6.54 Å². The molecule has 0 spiro atoms. The van der Waals surface area contributed by atoms with Crippen molar-refractivity contribution in [3.05, 3.63) is 70.2 Å². The van der Waals surface area contributed by atoms with Crippen molar-refractivity contribution in [3.63, 3.8) is 0 Å². The molecule has 0 bridgehead atoms. The van der Waals surface area contributed by atoms with Gasteiger partial charge in [-0.1, -0.05) is 58.4 Å². The van der Waals surface area contributed by atoms with E-state index in [-0.39, 0.29) is 18.6 Å². The number of nitrogens with zero attached hydrogens (tertiary/aromatic N) is 1. The van der Waals surface area contributed by atoms with E-state index in [0.717, 1.165) is 15.6 Å². The van der Waals surface area contributed by atoms with Crippen molar-refractivity contribution >= 4 is 38.9 Å². The number of halogens is 2. The molecule has 0 N–H and O–H groups in total. The van der Waals surface area contributed by atoms with Gasteiger partial charge in [-0.2, -0.15) is 0 Å². The quantitative estimate of drug-likeness (QED) is 0.523. The Kier molecular flexibility index (Phi) is 6.22. The van der Waals surface area contributed by atoms with Crippen molar-refractivity contribution in [2.24, 2.45) is 0 Å². The first kappa shape index (κ1) is 19.9. The maximum Gasteiger partial charge on any atom is 0.411 e. The number of hydrogen-bond donors (Lipinski definition) is 0. The number of carbonyl (C=O) groups is 2. The Balaban J connectivity index is 1.82. The van der Waals surface area contributed by atoms with Crippen LogP contribution >= 0.6 is 27.5 Å². The molecule has 2 aromatic rings. The lowest BCUT2D eigenvalue weighted by Crippen LogP contribution is -2.48. The van der Waals surface area contributed by atoms with Crippen LogP contribution in [0.2, 0.25) is 0 Å². The highest BCUT2D eigenvalue weighted by Crippen LogP contribution is 2.40. The average Bonchev–Trinajstić information content (AvgIpc) is 2.67. The van der Waals surface area contributed by atoms with Crippen molar-refractivity contribution in [3.8, 4) is 0 Å². The van der Waals surface area contributed by atoms with E-state index in [2.05, 4.69) is 15.9 Å². The second-order valence-electron chi connectivity index (χ2n) is 6.75. The summed E-state index contributed by atoms with van der Waals surface area (Å²) in [6, 6.07) is 17.4. The summed E-state index contributed by atoms with van der Waals surface area (Å²) in [6.07, 6.45) is 0.772. The number of amides is 1. The third-order valence-corrected chi connectivity index (χ3v) is 5.84. The number of cyclic esters (lactones) is 1. The molecule has 1 aliphatic heterocycles. The third-order valence-electron chi connectivity index (χ3n) is 5.12. The molecule has 6 heteroatoms. The maximum absolute atomic E-state index is 12.9. The van der Waals surface area contributed by atoms with Gasteiger partial charge in [0.2, 0.25) is 5.24 Å². The molecule has 4 nitrogen and oxygen atoms in total. The first-order chi connectivity index (χ1) is 12.9. The molecular weight excluding hydrogens is 430 g/mol. The van der Waals surface area contributed by atoms with Gasteiger partial charge in [-0.25, -0.2) is 4.79 Å². The largest absolute Gasteiger partial charge is 0.438 e. The molecule has 1 fully saturated rings. The number of carbonyl (C=O) groups excluding carboxylic acids is 2. The van der Waals surface area contributed by atoms with E-state index in [0.29, 0.717) is 19.4 Å². The molecule has 1 aliphatic rings. The lowest BCUT2D eigenvalue weighted by molar-refractivity contribution is -0.114. The van der Waals surface area contributed by atoms with Crippen LogP contribution in [0.5, 0.6) is 0 Å². The fourth-order valence-corrected chi connectivity index (χ4v) is 3.87. The Labute approximate surface area is 172 Å². The minimum atomic E-state index is -0.821. The zero-order valence-electron chi connectivity index (χ0n) is 15.0. The van der Waals surface area contributed by atoms with Gasteiger partial charge in [0, 0.05) is 23.9 Å². The number of benzene rings is 2. The lowest BCUT2D eigenvalue weighted by atomic mass is 9.84. The SMILES string of the molecule is CC(c1ccc(Br)cc1)N1CC[C@@](CCC(=O)Cl)(c2ccccc2)OC1=O. The molecular formula is C21H21BrClNO3. The van der Waals surface area contributed by atoms with E-state index in [4.69, 9.17) is 16.3 Å². The highest BCUT2D eigenvalue weighted by molar-refractivity contribution is 9.10. The average molecular weight is 451 g/mol. The van der Waals surface area contributed by atoms with E-state index in [1.54, 1.807) is 4.90 Å². The van der Waals surface area contributed by atoms with Crippen molar-refractivity contribution in [2.45, 2.75) is 37.8 Å². The molecule has 2 atom stereocenters. The molecule has 1 saturated heterocycles. The summed E-state index contributed by atoms with van der Waals surface area (Å²) in [7, 11) is 0. The Morgan fingerprint density at radius 1 is 1.22 bits per heavy atom. The summed E-state index contributed by atoms with van der Waals surface area (Å²) < 4.78 is 6.95. The molecule has 0 aliphatic carbocycles. The smallest absolute Gasteiger partial charge is 0.411 e. The predicted molar refractivity (Wildman–Crippen MR) is 109 cm³/mol. The Morgan fingerprint density at radius 2 is 1.89 bits per heavy atom. The predicted octanol–water partition coefficient (Wildman–Crippen LogP) is 5.79. The van der Waals surface area contributed by atoms with E-state index in [1.165, 1.54) is 0 Å². The van der Waals surface area contributed by atoms with Gasteiger partial charge in [-0.05, 0) is 48.2 Å². The minimum absolute atomic E-state index is 0.103. The Bertz CT molecular complexity index is 812. The Morgan fingerprint density at radius 3 is 2.48 bits per heavy atom. The van der Waals surface area contributed by atoms with E-state index in [9.17, 15) is 9.59 Å². The summed E-state index contributed by atoms with van der Waals surface area (Å²) >= 11 is 8.99. The molecule has 1 unspecified atom stereocenters. The first-order valence-electron chi connectivity index (χ1n) is 8.90. The second-order valence-corrected chi connectivity index (χ2v) is 8.09. The fourth-order valence-electron chi connectivity index (χ4n) is 3.51. The van der Waals surface area contributed by atoms with E-state index in [1.807, 2.05) is 61.5 Å². The van der Waals surface area contributed by atoms with Crippen molar-refractivity contribution in [1.82, 2.24) is 4.90 Å². The van der Waals surface area contributed by atoms with E-state index < -0.39 is 10.8 Å². The van der Waals surface area contributed by atoms with Crippen LogP contribution in [0.25, 0.3) is 0 Å². The summed E-state index contributed by atoms with van der Waals surface area (Å²) in [4.78, 5) is 26.0. The van der Waals surface area contributed by atoms with Crippen LogP contribution in [-0.4, -0.2) is 22.8 Å². The fraction of sp³-hybridized carbons (Fsp3) is 0.333. The van der Waals surface area contributed by atoms with Gasteiger partial charge >= 0.3 is 6.09 Å². The zero-order valence-corrected chi connectivity index (χ0v) is 17.4. The highest BCUT2D eigenvalue weighted by atomic mass is 79.9. The lowest BCUT2D eigenvalue weighted by Gasteiger charge is -2.43. The van der Waals surface area contributed by atoms with Crippen LogP contribution in [0.4, 0.5) is 4.79 Å². The molecule has 1 amide bonds. The second kappa shape index (κ2) is 8.44. The molecule has 3 rings (SSSR count). The summed E-state index contributed by atoms with van der Waals surface area (Å²) in [5.74, 6) is 0. The van der Waals surface area contributed by atoms with Crippen LogP contribution < -0.4 is 0 Å². The normalized spacial score (nSPS) is 20.9. The van der Waals surface area contributed by atoms with E-state index >= 15 is 0 Å². The monoisotopic (exact) mass is 449 g/mol. The highest BCUT2D eigenvalue weighted by Gasteiger charge is 2.43. The van der Waals surface area contributed by atoms with Gasteiger partial charge in [0.05, 0.1) is 6.04 Å². The number of hydrogen-bond acceptors (Lipinski definition) is 3. The molecule has 0 aromatic heterocycles. The first-order valence-corrected chi connectivity index (χ1v) is 10.1. The summed E-state index contributed by atoms with van der Waals surface area (Å²) in [6.45, 7) is 2.53. The topological polar surface area (TPSA) is 46.6 Å². The standard InChI is InChI=1S/C21H21BrClNO3/c1-15(16-7-9-18(22)10-8-16)24-14-13-21(27-20(24)26,12-11-19(23)25)17-5-3-2-4-6-17/h2-10,15H,11-14H2,1H3/t15?,21-/m0/s1. The molecule has 142 valence electrons. The van der Waals surface area contributed by atoms with Gasteiger partial charge in [0.15, 0.2) is 0 Å². The van der Waals surface area contributed by atoms with Gasteiger partial charge in [0.25, 0.3) is 0 Å². The Hall–Kier alpha value is -1.85. The van der Waals surface area contributed by atoms with Crippen molar-refractivity contribution in [1.29, 1.82) is 0 Å². The molecule has 2 aromatic carbocycles. The number of ether oxygens (including phenoxy) is 1. The summed E-state index contributed by atoms with van der Waals surface area (Å²) in [5, 5.41) is -0.424. The summed E-state index contributed by atoms with van der Waals surface area (Å²) in [5.41, 5.74) is 1.12. The van der Waals surface area contributed by atoms with Crippen LogP contribution in [0.1, 0.15) is 43.4 Å². The van der Waals surface area contributed by atoms with Crippen LogP contribution in [-0.2, 0) is 15.1 Å². The van der Waals surface area contributed by atoms with Gasteiger partial charge in [0.1, 0.15) is 5.60 Å².